The summed E-state index contributed by atoms with van der Waals surface area (Å²) in [6, 6.07) is 57.8. The topological polar surface area (TPSA) is 49.7 Å². The molecule has 65 heavy (non-hydrogen) atoms. The zero-order chi connectivity index (χ0) is 44.7. The molecule has 0 amide bonds. The molecular formula is C59H54N4O2. The van der Waals surface area contributed by atoms with Crippen molar-refractivity contribution in [3.05, 3.63) is 203 Å². The summed E-state index contributed by atoms with van der Waals surface area (Å²) in [6.07, 6.45) is 4.09. The first-order valence-electron chi connectivity index (χ1n) is 22.8. The van der Waals surface area contributed by atoms with E-state index in [-0.39, 0.29) is 10.8 Å². The lowest BCUT2D eigenvalue weighted by Gasteiger charge is -2.46. The van der Waals surface area contributed by atoms with Gasteiger partial charge in [0.15, 0.2) is 0 Å². The van der Waals surface area contributed by atoms with E-state index in [0.717, 1.165) is 46.7 Å². The summed E-state index contributed by atoms with van der Waals surface area (Å²) < 4.78 is 14.0. The third kappa shape index (κ3) is 6.21. The van der Waals surface area contributed by atoms with Crippen molar-refractivity contribution in [1.29, 1.82) is 0 Å². The number of hydrogen-bond acceptors (Lipinski definition) is 6. The fourth-order valence-corrected chi connectivity index (χ4v) is 11.0. The summed E-state index contributed by atoms with van der Waals surface area (Å²) >= 11 is 0. The normalized spacial score (nSPS) is 20.2. The third-order valence-corrected chi connectivity index (χ3v) is 14.5. The number of aryl methyl sites for hydroxylation is 3. The Hall–Kier alpha value is -7.18. The Morgan fingerprint density at radius 1 is 0.462 bits per heavy atom. The molecule has 8 aromatic rings. The van der Waals surface area contributed by atoms with E-state index in [1.807, 2.05) is 12.4 Å². The molecule has 0 N–H and O–H groups in total. The van der Waals surface area contributed by atoms with Crippen LogP contribution in [0.25, 0.3) is 21.5 Å². The van der Waals surface area contributed by atoms with Gasteiger partial charge in [0.1, 0.15) is 22.9 Å². The average Bonchev–Trinajstić information content (AvgIpc) is 3.59. The van der Waals surface area contributed by atoms with Gasteiger partial charge in [0.25, 0.3) is 0 Å². The van der Waals surface area contributed by atoms with Gasteiger partial charge in [-0.1, -0.05) is 151 Å². The van der Waals surface area contributed by atoms with Gasteiger partial charge in [0.05, 0.1) is 23.3 Å². The largest absolute Gasteiger partial charge is 0.459 e. The summed E-state index contributed by atoms with van der Waals surface area (Å²) in [5.41, 5.74) is 11.2. The lowest BCUT2D eigenvalue weighted by molar-refractivity contribution is 0.0764. The van der Waals surface area contributed by atoms with E-state index in [0.29, 0.717) is 0 Å². The van der Waals surface area contributed by atoms with Crippen LogP contribution in [-0.4, -0.2) is 23.9 Å². The minimum absolute atomic E-state index is 0.293. The SMILES string of the molecule is Cc1cc(C)cc(CN2c3ccccc3C(C)(C)C23C=Nc2c(ccc4ccccc24)O3)c1.Cc1ccccc1CN1c2ccccc2C(C)(C)C12C=Nc1c(ccc3ccccc13)O2. The predicted octanol–water partition coefficient (Wildman–Crippen LogP) is 14.2. The van der Waals surface area contributed by atoms with Crippen molar-refractivity contribution in [2.24, 2.45) is 9.98 Å². The summed E-state index contributed by atoms with van der Waals surface area (Å²) in [5, 5.41) is 4.59. The molecule has 322 valence electrons. The second-order valence-corrected chi connectivity index (χ2v) is 19.3. The van der Waals surface area contributed by atoms with Crippen molar-refractivity contribution in [1.82, 2.24) is 0 Å². The van der Waals surface area contributed by atoms with Gasteiger partial charge < -0.3 is 19.3 Å². The molecule has 4 heterocycles. The van der Waals surface area contributed by atoms with Gasteiger partial charge in [0, 0.05) is 35.2 Å². The van der Waals surface area contributed by atoms with Crippen LogP contribution in [0.2, 0.25) is 0 Å². The maximum atomic E-state index is 7.01. The summed E-state index contributed by atoms with van der Waals surface area (Å²) in [5.74, 6) is 1.67. The molecule has 12 rings (SSSR count). The standard InChI is InChI=1S/C30H28N2O.C29H26N2O/c1-20-15-21(2)17-22(16-20)18-32-26-12-8-7-11-25(26)29(3,4)30(32)19-31-28-24-10-6-5-9-23(24)13-14-27(28)33-30;1-20-10-4-5-12-22(20)18-31-25-15-9-8-14-24(25)28(2,3)29(31)19-30-27-23-13-7-6-11-21(23)16-17-26(27)32-29/h5-17,19H,18H2,1-4H3;4-17,19H,18H2,1-3H3. The quantitative estimate of drug-likeness (QED) is 0.177. The number of benzene rings is 8. The second-order valence-electron chi connectivity index (χ2n) is 19.3. The van der Waals surface area contributed by atoms with Crippen molar-refractivity contribution < 1.29 is 9.47 Å². The highest BCUT2D eigenvalue weighted by atomic mass is 16.5. The average molecular weight is 851 g/mol. The van der Waals surface area contributed by atoms with Crippen LogP contribution in [0.15, 0.2) is 174 Å². The highest BCUT2D eigenvalue weighted by Crippen LogP contribution is 2.57. The second kappa shape index (κ2) is 15.0. The fourth-order valence-electron chi connectivity index (χ4n) is 11.0. The molecule has 0 saturated carbocycles. The van der Waals surface area contributed by atoms with Crippen LogP contribution in [0.1, 0.15) is 66.6 Å². The van der Waals surface area contributed by atoms with Crippen LogP contribution < -0.4 is 19.3 Å². The Morgan fingerprint density at radius 2 is 0.908 bits per heavy atom. The van der Waals surface area contributed by atoms with Gasteiger partial charge in [-0.05, 0) is 111 Å². The lowest BCUT2D eigenvalue weighted by atomic mass is 9.77. The summed E-state index contributed by atoms with van der Waals surface area (Å²) in [6.45, 7) is 17.1. The number of nitrogens with zero attached hydrogens (tertiary/aromatic N) is 4. The molecule has 2 spiro atoms. The molecule has 0 bridgehead atoms. The van der Waals surface area contributed by atoms with Crippen molar-refractivity contribution in [3.8, 4) is 11.5 Å². The highest BCUT2D eigenvalue weighted by molar-refractivity contribution is 6.01. The summed E-state index contributed by atoms with van der Waals surface area (Å²) in [4.78, 5) is 14.9. The van der Waals surface area contributed by atoms with Crippen LogP contribution in [-0.2, 0) is 23.9 Å². The van der Waals surface area contributed by atoms with Gasteiger partial charge in [-0.15, -0.1) is 0 Å². The molecule has 4 aliphatic heterocycles. The minimum atomic E-state index is -0.718. The molecule has 6 nitrogen and oxygen atoms in total. The Bertz CT molecular complexity index is 3240. The van der Waals surface area contributed by atoms with E-state index < -0.39 is 11.4 Å². The first kappa shape index (κ1) is 40.6. The Labute approximate surface area is 382 Å². The Kier molecular flexibility index (Phi) is 9.34. The number of anilines is 2. The molecule has 2 atom stereocenters. The third-order valence-electron chi connectivity index (χ3n) is 14.5. The molecule has 4 aliphatic rings. The molecule has 0 radical (unpaired) electrons. The number of fused-ring (bicyclic) bond motifs is 8. The molecule has 8 aromatic carbocycles. The van der Waals surface area contributed by atoms with E-state index in [1.165, 1.54) is 61.1 Å². The van der Waals surface area contributed by atoms with Crippen LogP contribution in [0, 0.1) is 20.8 Å². The van der Waals surface area contributed by atoms with Gasteiger partial charge >= 0.3 is 0 Å². The van der Waals surface area contributed by atoms with Crippen LogP contribution in [0.4, 0.5) is 22.7 Å². The van der Waals surface area contributed by atoms with Gasteiger partial charge in [-0.2, -0.15) is 0 Å². The van der Waals surface area contributed by atoms with Gasteiger partial charge in [0.2, 0.25) is 11.4 Å². The Morgan fingerprint density at radius 3 is 1.43 bits per heavy atom. The molecule has 0 aromatic heterocycles. The molecule has 0 aliphatic carbocycles. The molecule has 0 saturated heterocycles. The van der Waals surface area contributed by atoms with Gasteiger partial charge in [-0.3, -0.25) is 9.98 Å². The van der Waals surface area contributed by atoms with Crippen molar-refractivity contribution in [2.45, 2.75) is 83.8 Å². The maximum Gasteiger partial charge on any atom is 0.229 e. The maximum absolute atomic E-state index is 7.01. The zero-order valence-corrected chi connectivity index (χ0v) is 38.3. The number of hydrogen-bond donors (Lipinski definition) is 0. The first-order valence-corrected chi connectivity index (χ1v) is 22.8. The monoisotopic (exact) mass is 850 g/mol. The molecule has 2 unspecified atom stereocenters. The van der Waals surface area contributed by atoms with E-state index in [9.17, 15) is 0 Å². The molecule has 0 fully saturated rings. The fraction of sp³-hybridized carbons (Fsp3) is 0.220. The first-order chi connectivity index (χ1) is 31.4. The predicted molar refractivity (Wildman–Crippen MR) is 269 cm³/mol. The van der Waals surface area contributed by atoms with Crippen molar-refractivity contribution in [3.63, 3.8) is 0 Å². The molecular weight excluding hydrogens is 797 g/mol. The van der Waals surface area contributed by atoms with E-state index in [1.54, 1.807) is 0 Å². The molecule has 6 heteroatoms. The van der Waals surface area contributed by atoms with E-state index in [2.05, 4.69) is 222 Å². The highest BCUT2D eigenvalue weighted by Gasteiger charge is 2.61. The van der Waals surface area contributed by atoms with Gasteiger partial charge in [-0.25, -0.2) is 0 Å². The van der Waals surface area contributed by atoms with E-state index >= 15 is 0 Å². The zero-order valence-electron chi connectivity index (χ0n) is 38.3. The Balaban J connectivity index is 0.000000144. The smallest absolute Gasteiger partial charge is 0.229 e. The van der Waals surface area contributed by atoms with Crippen LogP contribution in [0.5, 0.6) is 11.5 Å². The number of ether oxygens (including phenoxy) is 2. The van der Waals surface area contributed by atoms with Crippen LogP contribution in [0.3, 0.4) is 0 Å². The van der Waals surface area contributed by atoms with E-state index in [4.69, 9.17) is 19.5 Å². The number of rotatable bonds is 4. The van der Waals surface area contributed by atoms with Crippen molar-refractivity contribution in [2.75, 3.05) is 9.80 Å². The van der Waals surface area contributed by atoms with Crippen LogP contribution >= 0.6 is 0 Å². The lowest BCUT2D eigenvalue weighted by Crippen LogP contribution is -2.62. The summed E-state index contributed by atoms with van der Waals surface area (Å²) in [7, 11) is 0. The van der Waals surface area contributed by atoms with Crippen molar-refractivity contribution >= 4 is 56.7 Å². The number of para-hydroxylation sites is 2. The minimum Gasteiger partial charge on any atom is -0.459 e. The number of aliphatic imine (C=N–C) groups is 2.